The molecule has 1 heterocycles. The second-order valence-corrected chi connectivity index (χ2v) is 7.94. The van der Waals surface area contributed by atoms with Gasteiger partial charge in [-0.2, -0.15) is 0 Å². The predicted molar refractivity (Wildman–Crippen MR) is 99.3 cm³/mol. The fourth-order valence-corrected chi connectivity index (χ4v) is 4.19. The highest BCUT2D eigenvalue weighted by atomic mass is 16.2. The number of hydrogen-bond acceptors (Lipinski definition) is 3. The van der Waals surface area contributed by atoms with Gasteiger partial charge in [0, 0.05) is 6.42 Å². The van der Waals surface area contributed by atoms with Crippen molar-refractivity contribution in [2.75, 3.05) is 6.54 Å². The summed E-state index contributed by atoms with van der Waals surface area (Å²) in [6.07, 6.45) is 4.91. The third kappa shape index (κ3) is 3.53. The molecule has 1 N–H and O–H groups in total. The number of benzene rings is 1. The van der Waals surface area contributed by atoms with E-state index in [2.05, 4.69) is 11.4 Å². The third-order valence-corrected chi connectivity index (χ3v) is 6.01. The van der Waals surface area contributed by atoms with Crippen LogP contribution in [0.1, 0.15) is 68.2 Å². The van der Waals surface area contributed by atoms with E-state index in [4.69, 9.17) is 0 Å². The Kier molecular flexibility index (Phi) is 5.17. The molecule has 2 aliphatic rings. The van der Waals surface area contributed by atoms with Crippen LogP contribution in [0.3, 0.4) is 0 Å². The van der Waals surface area contributed by atoms with Crippen molar-refractivity contribution in [2.24, 2.45) is 5.41 Å². The molecule has 2 fully saturated rings. The van der Waals surface area contributed by atoms with E-state index in [0.717, 1.165) is 37.7 Å². The first-order valence-electron chi connectivity index (χ1n) is 9.54. The molecule has 26 heavy (non-hydrogen) atoms. The Morgan fingerprint density at radius 1 is 1.15 bits per heavy atom. The fourth-order valence-electron chi connectivity index (χ4n) is 4.19. The molecule has 1 atom stereocenters. The smallest absolute Gasteiger partial charge is 0.240 e. The minimum atomic E-state index is -0.532. The molecule has 5 heteroatoms. The maximum Gasteiger partial charge on any atom is 0.240 e. The number of carbonyl (C=O) groups is 3. The highest BCUT2D eigenvalue weighted by Crippen LogP contribution is 2.45. The zero-order valence-corrected chi connectivity index (χ0v) is 15.9. The van der Waals surface area contributed by atoms with Crippen LogP contribution in [0.2, 0.25) is 0 Å². The van der Waals surface area contributed by atoms with Crippen LogP contribution in [-0.2, 0) is 14.4 Å². The monoisotopic (exact) mass is 356 g/mol. The molecule has 1 spiro atoms. The van der Waals surface area contributed by atoms with Gasteiger partial charge in [-0.15, -0.1) is 0 Å². The number of imide groups is 1. The van der Waals surface area contributed by atoms with Gasteiger partial charge in [-0.1, -0.05) is 37.5 Å². The number of aryl methyl sites for hydroxylation is 2. The molecule has 0 aromatic heterocycles. The highest BCUT2D eigenvalue weighted by molar-refractivity contribution is 6.08. The number of rotatable bonds is 4. The van der Waals surface area contributed by atoms with Crippen LogP contribution >= 0.6 is 0 Å². The Bertz CT molecular complexity index is 735. The molecular weight excluding hydrogens is 328 g/mol. The molecular formula is C21H28N2O3. The van der Waals surface area contributed by atoms with Gasteiger partial charge in [-0.3, -0.25) is 19.3 Å². The van der Waals surface area contributed by atoms with E-state index in [1.165, 1.54) is 16.0 Å². The molecule has 0 radical (unpaired) electrons. The van der Waals surface area contributed by atoms with Gasteiger partial charge in [-0.25, -0.2) is 0 Å². The minimum absolute atomic E-state index is 0.142. The standard InChI is InChI=1S/C21H28N2O3/c1-14-7-8-17(11-15(14)2)16(3)22-18(24)13-23-19(25)12-21(20(23)26)9-5-4-6-10-21/h7-8,11,16H,4-6,9-10,12-13H2,1-3H3,(H,22,24)/t16-/m1/s1. The van der Waals surface area contributed by atoms with Gasteiger partial charge >= 0.3 is 0 Å². The van der Waals surface area contributed by atoms with Crippen molar-refractivity contribution >= 4 is 17.7 Å². The fraction of sp³-hybridized carbons (Fsp3) is 0.571. The van der Waals surface area contributed by atoms with E-state index in [1.807, 2.05) is 32.9 Å². The van der Waals surface area contributed by atoms with Crippen LogP contribution in [0.4, 0.5) is 0 Å². The Balaban J connectivity index is 1.63. The first kappa shape index (κ1) is 18.6. The largest absolute Gasteiger partial charge is 0.348 e. The lowest BCUT2D eigenvalue weighted by molar-refractivity contribution is -0.145. The summed E-state index contributed by atoms with van der Waals surface area (Å²) in [7, 11) is 0. The summed E-state index contributed by atoms with van der Waals surface area (Å²) in [5, 5.41) is 2.92. The van der Waals surface area contributed by atoms with E-state index >= 15 is 0 Å². The number of amides is 3. The van der Waals surface area contributed by atoms with Crippen molar-refractivity contribution in [1.82, 2.24) is 10.2 Å². The summed E-state index contributed by atoms with van der Waals surface area (Å²) in [5.41, 5.74) is 2.87. The van der Waals surface area contributed by atoms with E-state index in [-0.39, 0.29) is 36.7 Å². The Labute approximate surface area is 155 Å². The van der Waals surface area contributed by atoms with Gasteiger partial charge in [-0.05, 0) is 50.3 Å². The Morgan fingerprint density at radius 2 is 1.85 bits per heavy atom. The lowest BCUT2D eigenvalue weighted by Gasteiger charge is -2.30. The number of carbonyl (C=O) groups excluding carboxylic acids is 3. The molecule has 0 unspecified atom stereocenters. The van der Waals surface area contributed by atoms with Crippen molar-refractivity contribution in [3.05, 3.63) is 34.9 Å². The number of nitrogens with zero attached hydrogens (tertiary/aromatic N) is 1. The van der Waals surface area contributed by atoms with Gasteiger partial charge in [0.1, 0.15) is 6.54 Å². The second kappa shape index (κ2) is 7.22. The van der Waals surface area contributed by atoms with E-state index in [9.17, 15) is 14.4 Å². The van der Waals surface area contributed by atoms with Crippen molar-refractivity contribution in [1.29, 1.82) is 0 Å². The Morgan fingerprint density at radius 3 is 2.50 bits per heavy atom. The molecule has 1 saturated carbocycles. The normalized spacial score (nSPS) is 20.5. The summed E-state index contributed by atoms with van der Waals surface area (Å²) in [5.74, 6) is -0.632. The molecule has 3 rings (SSSR count). The zero-order chi connectivity index (χ0) is 18.9. The summed E-state index contributed by atoms with van der Waals surface area (Å²) < 4.78 is 0. The van der Waals surface area contributed by atoms with Crippen LogP contribution in [0.15, 0.2) is 18.2 Å². The van der Waals surface area contributed by atoms with Gasteiger partial charge in [0.15, 0.2) is 0 Å². The number of nitrogens with one attached hydrogen (secondary N) is 1. The van der Waals surface area contributed by atoms with Crippen molar-refractivity contribution in [3.63, 3.8) is 0 Å². The van der Waals surface area contributed by atoms with E-state index in [1.54, 1.807) is 0 Å². The van der Waals surface area contributed by atoms with Gasteiger partial charge in [0.05, 0.1) is 11.5 Å². The third-order valence-electron chi connectivity index (χ3n) is 6.01. The van der Waals surface area contributed by atoms with Crippen LogP contribution in [0.25, 0.3) is 0 Å². The first-order chi connectivity index (χ1) is 12.3. The van der Waals surface area contributed by atoms with Crippen LogP contribution in [0.5, 0.6) is 0 Å². The first-order valence-corrected chi connectivity index (χ1v) is 9.54. The average molecular weight is 356 g/mol. The molecule has 140 valence electrons. The maximum absolute atomic E-state index is 12.8. The number of likely N-dealkylation sites (tertiary alicyclic amines) is 1. The molecule has 1 saturated heterocycles. The van der Waals surface area contributed by atoms with Crippen LogP contribution in [-0.4, -0.2) is 29.2 Å². The molecule has 1 aromatic carbocycles. The number of hydrogen-bond donors (Lipinski definition) is 1. The van der Waals surface area contributed by atoms with Gasteiger partial charge in [0.2, 0.25) is 17.7 Å². The summed E-state index contributed by atoms with van der Waals surface area (Å²) in [4.78, 5) is 38.8. The molecule has 0 bridgehead atoms. The van der Waals surface area contributed by atoms with Gasteiger partial charge < -0.3 is 5.32 Å². The lowest BCUT2D eigenvalue weighted by atomic mass is 9.73. The summed E-state index contributed by atoms with van der Waals surface area (Å²) >= 11 is 0. The highest BCUT2D eigenvalue weighted by Gasteiger charge is 2.51. The molecule has 1 aliphatic heterocycles. The lowest BCUT2D eigenvalue weighted by Crippen LogP contribution is -2.43. The maximum atomic E-state index is 12.8. The minimum Gasteiger partial charge on any atom is -0.348 e. The van der Waals surface area contributed by atoms with Crippen molar-refractivity contribution in [3.8, 4) is 0 Å². The van der Waals surface area contributed by atoms with E-state index < -0.39 is 5.41 Å². The zero-order valence-electron chi connectivity index (χ0n) is 15.9. The van der Waals surface area contributed by atoms with Crippen LogP contribution in [0, 0.1) is 19.3 Å². The second-order valence-electron chi connectivity index (χ2n) is 7.94. The quantitative estimate of drug-likeness (QED) is 0.843. The van der Waals surface area contributed by atoms with Crippen LogP contribution < -0.4 is 5.32 Å². The summed E-state index contributed by atoms with van der Waals surface area (Å²) in [6.45, 7) is 5.83. The predicted octanol–water partition coefficient (Wildman–Crippen LogP) is 3.19. The molecule has 5 nitrogen and oxygen atoms in total. The molecule has 1 aromatic rings. The molecule has 1 aliphatic carbocycles. The van der Waals surface area contributed by atoms with Crippen molar-refractivity contribution in [2.45, 2.75) is 65.3 Å². The average Bonchev–Trinajstić information content (AvgIpc) is 2.82. The van der Waals surface area contributed by atoms with E-state index in [0.29, 0.717) is 0 Å². The molecule has 3 amide bonds. The summed E-state index contributed by atoms with van der Waals surface area (Å²) in [6, 6.07) is 5.92. The topological polar surface area (TPSA) is 66.5 Å². The van der Waals surface area contributed by atoms with Gasteiger partial charge in [0.25, 0.3) is 0 Å². The SMILES string of the molecule is Cc1ccc([C@@H](C)NC(=O)CN2C(=O)CC3(CCCCC3)C2=O)cc1C. The Hall–Kier alpha value is -2.17. The van der Waals surface area contributed by atoms with Crippen molar-refractivity contribution < 1.29 is 14.4 Å².